The van der Waals surface area contributed by atoms with Crippen LogP contribution >= 0.6 is 0 Å². The molecule has 1 aliphatic heterocycles. The maximum atomic E-state index is 7.08. The fourth-order valence-electron chi connectivity index (χ4n) is 4.53. The summed E-state index contributed by atoms with van der Waals surface area (Å²) in [6.45, 7) is 25.9. The summed E-state index contributed by atoms with van der Waals surface area (Å²) in [6.07, 6.45) is 3.94. The SMILES string of the molecule is C=CC(C)(C)Oc1ccc2c(c1)C(O[Si](C(C)C)(C(C)C)C(C)C)=CC(C)(C)O2. The molecule has 0 N–H and O–H groups in total. The summed E-state index contributed by atoms with van der Waals surface area (Å²) in [5, 5.41) is 0. The van der Waals surface area contributed by atoms with Crippen LogP contribution < -0.4 is 9.47 Å². The van der Waals surface area contributed by atoms with Crippen LogP contribution in [0.15, 0.2) is 36.9 Å². The van der Waals surface area contributed by atoms with E-state index in [1.54, 1.807) is 0 Å². The molecule has 0 saturated heterocycles. The van der Waals surface area contributed by atoms with Crippen molar-refractivity contribution in [3.8, 4) is 11.5 Å². The topological polar surface area (TPSA) is 27.7 Å². The standard InChI is InChI=1S/C25H40O3Si/c1-12-24(8,9)26-20-13-14-22-21(15-20)23(16-25(10,11)27-22)28-29(17(2)3,18(4)5)19(6)7/h12-19H,1H2,2-11H3. The lowest BCUT2D eigenvalue weighted by Crippen LogP contribution is -2.47. The van der Waals surface area contributed by atoms with Crippen molar-refractivity contribution in [3.05, 3.63) is 42.5 Å². The molecule has 0 aliphatic carbocycles. The van der Waals surface area contributed by atoms with Gasteiger partial charge in [-0.1, -0.05) is 48.1 Å². The normalized spacial score (nSPS) is 16.4. The maximum absolute atomic E-state index is 7.08. The van der Waals surface area contributed by atoms with E-state index in [0.717, 1.165) is 22.8 Å². The van der Waals surface area contributed by atoms with Gasteiger partial charge in [-0.05, 0) is 74.7 Å². The van der Waals surface area contributed by atoms with Crippen molar-refractivity contribution in [2.75, 3.05) is 0 Å². The van der Waals surface area contributed by atoms with E-state index in [9.17, 15) is 0 Å². The van der Waals surface area contributed by atoms with Crippen LogP contribution in [-0.4, -0.2) is 19.5 Å². The van der Waals surface area contributed by atoms with Crippen LogP contribution in [-0.2, 0) is 4.43 Å². The molecule has 162 valence electrons. The van der Waals surface area contributed by atoms with Gasteiger partial charge >= 0.3 is 0 Å². The highest BCUT2D eigenvalue weighted by molar-refractivity contribution is 6.78. The fraction of sp³-hybridized carbons (Fsp3) is 0.600. The summed E-state index contributed by atoms with van der Waals surface area (Å²) in [5.41, 5.74) is 1.60. The maximum Gasteiger partial charge on any atom is 0.258 e. The Morgan fingerprint density at radius 1 is 1.03 bits per heavy atom. The lowest BCUT2D eigenvalue weighted by molar-refractivity contribution is 0.149. The van der Waals surface area contributed by atoms with Gasteiger partial charge < -0.3 is 13.9 Å². The smallest absolute Gasteiger partial charge is 0.258 e. The lowest BCUT2D eigenvalue weighted by atomic mass is 10.0. The predicted molar refractivity (Wildman–Crippen MR) is 126 cm³/mol. The molecular weight excluding hydrogens is 376 g/mol. The highest BCUT2D eigenvalue weighted by Gasteiger charge is 2.48. The van der Waals surface area contributed by atoms with Gasteiger partial charge in [-0.25, -0.2) is 0 Å². The quantitative estimate of drug-likeness (QED) is 0.320. The first-order valence-corrected chi connectivity index (χ1v) is 13.0. The van der Waals surface area contributed by atoms with Crippen LogP contribution in [0.5, 0.6) is 11.5 Å². The zero-order chi connectivity index (χ0) is 22.2. The molecule has 0 radical (unpaired) electrons. The van der Waals surface area contributed by atoms with Crippen molar-refractivity contribution in [3.63, 3.8) is 0 Å². The monoisotopic (exact) mass is 416 g/mol. The minimum absolute atomic E-state index is 0.420. The van der Waals surface area contributed by atoms with Crippen LogP contribution in [0, 0.1) is 0 Å². The second-order valence-corrected chi connectivity index (χ2v) is 15.6. The molecule has 1 aromatic rings. The van der Waals surface area contributed by atoms with Crippen LogP contribution in [0.2, 0.25) is 16.6 Å². The van der Waals surface area contributed by atoms with Crippen molar-refractivity contribution in [1.82, 2.24) is 0 Å². The first-order chi connectivity index (χ1) is 13.2. The number of benzene rings is 1. The summed E-state index contributed by atoms with van der Waals surface area (Å²) in [6, 6.07) is 5.99. The highest BCUT2D eigenvalue weighted by atomic mass is 28.4. The zero-order valence-electron chi connectivity index (χ0n) is 20.1. The van der Waals surface area contributed by atoms with Gasteiger partial charge in [-0.15, -0.1) is 0 Å². The van der Waals surface area contributed by atoms with Crippen LogP contribution in [0.25, 0.3) is 5.76 Å². The van der Waals surface area contributed by atoms with Gasteiger partial charge in [0.05, 0.1) is 5.56 Å². The van der Waals surface area contributed by atoms with E-state index in [2.05, 4.69) is 68.0 Å². The van der Waals surface area contributed by atoms with Gasteiger partial charge in [0.1, 0.15) is 28.5 Å². The Labute approximate surface area is 179 Å². The molecule has 0 bridgehead atoms. The van der Waals surface area contributed by atoms with Gasteiger partial charge in [-0.3, -0.25) is 0 Å². The van der Waals surface area contributed by atoms with Crippen molar-refractivity contribution in [2.24, 2.45) is 0 Å². The largest absolute Gasteiger partial charge is 0.542 e. The Morgan fingerprint density at radius 2 is 1.59 bits per heavy atom. The minimum Gasteiger partial charge on any atom is -0.542 e. The second kappa shape index (κ2) is 8.21. The Bertz CT molecular complexity index is 750. The van der Waals surface area contributed by atoms with E-state index < -0.39 is 19.5 Å². The molecule has 0 saturated carbocycles. The zero-order valence-corrected chi connectivity index (χ0v) is 21.1. The molecule has 4 heteroatoms. The number of hydrogen-bond donors (Lipinski definition) is 0. The highest BCUT2D eigenvalue weighted by Crippen LogP contribution is 2.48. The Balaban J connectivity index is 2.57. The molecule has 2 rings (SSSR count). The second-order valence-electron chi connectivity index (χ2n) is 10.2. The van der Waals surface area contributed by atoms with E-state index in [4.69, 9.17) is 13.9 Å². The average Bonchev–Trinajstić information content (AvgIpc) is 2.58. The molecule has 0 atom stereocenters. The summed E-state index contributed by atoms with van der Waals surface area (Å²) >= 11 is 0. The first kappa shape index (κ1) is 23.6. The Kier molecular flexibility index (Phi) is 6.68. The van der Waals surface area contributed by atoms with Gasteiger partial charge in [0.15, 0.2) is 0 Å². The van der Waals surface area contributed by atoms with E-state index in [1.807, 2.05) is 38.1 Å². The minimum atomic E-state index is -2.10. The third-order valence-electron chi connectivity index (χ3n) is 5.93. The summed E-state index contributed by atoms with van der Waals surface area (Å²) < 4.78 is 19.5. The molecule has 3 nitrogen and oxygen atoms in total. The average molecular weight is 417 g/mol. The molecule has 1 aromatic carbocycles. The third kappa shape index (κ3) is 4.91. The van der Waals surface area contributed by atoms with E-state index in [0.29, 0.717) is 16.6 Å². The molecule has 29 heavy (non-hydrogen) atoms. The van der Waals surface area contributed by atoms with E-state index >= 15 is 0 Å². The number of rotatable bonds is 8. The number of fused-ring (bicyclic) bond motifs is 1. The molecule has 0 fully saturated rings. The van der Waals surface area contributed by atoms with Crippen molar-refractivity contribution >= 4 is 14.1 Å². The molecule has 0 unspecified atom stereocenters. The molecule has 1 heterocycles. The predicted octanol–water partition coefficient (Wildman–Crippen LogP) is 7.73. The molecular formula is C25H40O3Si. The Hall–Kier alpha value is -1.68. The number of ether oxygens (including phenoxy) is 2. The third-order valence-corrected chi connectivity index (χ3v) is 11.9. The van der Waals surface area contributed by atoms with Crippen molar-refractivity contribution in [1.29, 1.82) is 0 Å². The van der Waals surface area contributed by atoms with Gasteiger partial charge in [0.2, 0.25) is 0 Å². The molecule has 0 spiro atoms. The van der Waals surface area contributed by atoms with Gasteiger partial charge in [0.25, 0.3) is 8.32 Å². The summed E-state index contributed by atoms with van der Waals surface area (Å²) in [4.78, 5) is 0. The van der Waals surface area contributed by atoms with Crippen molar-refractivity contribution < 1.29 is 13.9 Å². The van der Waals surface area contributed by atoms with Crippen LogP contribution in [0.1, 0.15) is 74.8 Å². The van der Waals surface area contributed by atoms with E-state index in [1.165, 1.54) is 0 Å². The van der Waals surface area contributed by atoms with Gasteiger partial charge in [-0.2, -0.15) is 0 Å². The van der Waals surface area contributed by atoms with Crippen LogP contribution in [0.4, 0.5) is 0 Å². The molecule has 1 aliphatic rings. The number of hydrogen-bond acceptors (Lipinski definition) is 3. The molecule has 0 aromatic heterocycles. The Morgan fingerprint density at radius 3 is 2.07 bits per heavy atom. The summed E-state index contributed by atoms with van der Waals surface area (Å²) in [7, 11) is -2.10. The lowest BCUT2D eigenvalue weighted by Gasteiger charge is -2.44. The van der Waals surface area contributed by atoms with Crippen LogP contribution in [0.3, 0.4) is 0 Å². The first-order valence-electron chi connectivity index (χ1n) is 10.8. The van der Waals surface area contributed by atoms with E-state index in [-0.39, 0.29) is 0 Å². The fourth-order valence-corrected chi connectivity index (χ4v) is 9.79. The van der Waals surface area contributed by atoms with Crippen molar-refractivity contribution in [2.45, 2.75) is 97.1 Å². The summed E-state index contributed by atoms with van der Waals surface area (Å²) in [5.74, 6) is 2.56. The molecule has 0 amide bonds. The van der Waals surface area contributed by atoms with Gasteiger partial charge in [0, 0.05) is 0 Å².